The van der Waals surface area contributed by atoms with Gasteiger partial charge < -0.3 is 19.9 Å². The van der Waals surface area contributed by atoms with E-state index in [0.29, 0.717) is 22.9 Å². The molecule has 2 rings (SSSR count). The Balaban J connectivity index is 2.44. The third kappa shape index (κ3) is 2.83. The summed E-state index contributed by atoms with van der Waals surface area (Å²) in [4.78, 5) is 4.31. The van der Waals surface area contributed by atoms with Gasteiger partial charge in [-0.3, -0.25) is 4.98 Å². The molecule has 1 atom stereocenters. The molecule has 5 nitrogen and oxygen atoms in total. The van der Waals surface area contributed by atoms with Crippen molar-refractivity contribution in [3.05, 3.63) is 47.8 Å². The molecule has 0 spiro atoms. The van der Waals surface area contributed by atoms with Gasteiger partial charge in [0.15, 0.2) is 0 Å². The number of ether oxygens (including phenoxy) is 3. The molecule has 0 aliphatic heterocycles. The maximum absolute atomic E-state index is 6.29. The molecule has 0 amide bonds. The average molecular weight is 274 g/mol. The minimum absolute atomic E-state index is 0.421. The van der Waals surface area contributed by atoms with E-state index < -0.39 is 6.04 Å². The van der Waals surface area contributed by atoms with Crippen LogP contribution in [-0.4, -0.2) is 26.3 Å². The van der Waals surface area contributed by atoms with Crippen LogP contribution in [0.25, 0.3) is 0 Å². The number of hydrogen-bond donors (Lipinski definition) is 1. The van der Waals surface area contributed by atoms with Crippen LogP contribution in [0.1, 0.15) is 17.3 Å². The second-order valence-electron chi connectivity index (χ2n) is 4.21. The molecule has 0 fully saturated rings. The zero-order valence-corrected chi connectivity index (χ0v) is 11.8. The van der Waals surface area contributed by atoms with Crippen LogP contribution in [-0.2, 0) is 0 Å². The highest BCUT2D eigenvalue weighted by molar-refractivity contribution is 5.44. The van der Waals surface area contributed by atoms with Crippen LogP contribution in [0.3, 0.4) is 0 Å². The molecule has 1 aromatic carbocycles. The highest BCUT2D eigenvalue weighted by Gasteiger charge is 2.17. The molecular weight excluding hydrogens is 256 g/mol. The second-order valence-corrected chi connectivity index (χ2v) is 4.21. The zero-order chi connectivity index (χ0) is 14.5. The van der Waals surface area contributed by atoms with E-state index in [1.807, 2.05) is 18.2 Å². The minimum atomic E-state index is -0.421. The van der Waals surface area contributed by atoms with Gasteiger partial charge in [0.25, 0.3) is 0 Å². The van der Waals surface area contributed by atoms with E-state index in [9.17, 15) is 0 Å². The molecule has 0 saturated carbocycles. The summed E-state index contributed by atoms with van der Waals surface area (Å²) in [5.41, 5.74) is 7.80. The van der Waals surface area contributed by atoms with E-state index in [4.69, 9.17) is 19.9 Å². The summed E-state index contributed by atoms with van der Waals surface area (Å²) in [5, 5.41) is 0. The lowest BCUT2D eigenvalue weighted by Crippen LogP contribution is -2.15. The van der Waals surface area contributed by atoms with Crippen LogP contribution >= 0.6 is 0 Å². The summed E-state index contributed by atoms with van der Waals surface area (Å²) in [5.74, 6) is 2.02. The second kappa shape index (κ2) is 6.25. The topological polar surface area (TPSA) is 66.6 Å². The SMILES string of the molecule is COc1cc(OC)cc(C(N)c2ncccc2OC)c1. The summed E-state index contributed by atoms with van der Waals surface area (Å²) >= 11 is 0. The largest absolute Gasteiger partial charge is 0.497 e. The van der Waals surface area contributed by atoms with E-state index in [1.165, 1.54) is 0 Å². The molecule has 5 heteroatoms. The maximum Gasteiger partial charge on any atom is 0.142 e. The fraction of sp³-hybridized carbons (Fsp3) is 0.267. The van der Waals surface area contributed by atoms with Crippen LogP contribution in [0, 0.1) is 0 Å². The monoisotopic (exact) mass is 274 g/mol. The van der Waals surface area contributed by atoms with Gasteiger partial charge in [0, 0.05) is 12.3 Å². The highest BCUT2D eigenvalue weighted by Crippen LogP contribution is 2.31. The number of methoxy groups -OCH3 is 3. The molecule has 20 heavy (non-hydrogen) atoms. The predicted molar refractivity (Wildman–Crippen MR) is 76.4 cm³/mol. The molecule has 0 radical (unpaired) electrons. The van der Waals surface area contributed by atoms with E-state index in [2.05, 4.69) is 4.98 Å². The molecule has 0 bridgehead atoms. The van der Waals surface area contributed by atoms with Gasteiger partial charge in [0.2, 0.25) is 0 Å². The van der Waals surface area contributed by atoms with Gasteiger partial charge >= 0.3 is 0 Å². The van der Waals surface area contributed by atoms with Gasteiger partial charge in [-0.25, -0.2) is 0 Å². The van der Waals surface area contributed by atoms with Crippen molar-refractivity contribution in [1.29, 1.82) is 0 Å². The highest BCUT2D eigenvalue weighted by atomic mass is 16.5. The molecule has 2 N–H and O–H groups in total. The van der Waals surface area contributed by atoms with E-state index in [0.717, 1.165) is 5.56 Å². The molecule has 0 aliphatic carbocycles. The first-order valence-electron chi connectivity index (χ1n) is 6.17. The van der Waals surface area contributed by atoms with Crippen LogP contribution in [0.4, 0.5) is 0 Å². The van der Waals surface area contributed by atoms with E-state index in [1.54, 1.807) is 39.7 Å². The molecule has 1 heterocycles. The summed E-state index contributed by atoms with van der Waals surface area (Å²) in [7, 11) is 4.80. The van der Waals surface area contributed by atoms with Crippen molar-refractivity contribution in [2.45, 2.75) is 6.04 Å². The molecular formula is C15H18N2O3. The number of rotatable bonds is 5. The van der Waals surface area contributed by atoms with Crippen LogP contribution < -0.4 is 19.9 Å². The van der Waals surface area contributed by atoms with Crippen LogP contribution in [0.5, 0.6) is 17.2 Å². The van der Waals surface area contributed by atoms with E-state index >= 15 is 0 Å². The van der Waals surface area contributed by atoms with Crippen molar-refractivity contribution in [2.75, 3.05) is 21.3 Å². The molecule has 0 aliphatic rings. The number of pyridine rings is 1. The molecule has 1 unspecified atom stereocenters. The standard InChI is InChI=1S/C15H18N2O3/c1-18-11-7-10(8-12(9-11)19-2)14(16)15-13(20-3)5-4-6-17-15/h4-9,14H,16H2,1-3H3. The summed E-state index contributed by atoms with van der Waals surface area (Å²) in [6.45, 7) is 0. The molecule has 1 aromatic heterocycles. The third-order valence-corrected chi connectivity index (χ3v) is 3.05. The minimum Gasteiger partial charge on any atom is -0.497 e. The molecule has 2 aromatic rings. The number of benzene rings is 1. The number of aromatic nitrogens is 1. The van der Waals surface area contributed by atoms with Crippen molar-refractivity contribution < 1.29 is 14.2 Å². The lowest BCUT2D eigenvalue weighted by molar-refractivity contribution is 0.392. The molecule has 0 saturated heterocycles. The number of hydrogen-bond acceptors (Lipinski definition) is 5. The fourth-order valence-electron chi connectivity index (χ4n) is 1.98. The quantitative estimate of drug-likeness (QED) is 0.905. The number of nitrogens with zero attached hydrogens (tertiary/aromatic N) is 1. The Hall–Kier alpha value is -2.27. The predicted octanol–water partition coefficient (Wildman–Crippen LogP) is 2.16. The Morgan fingerprint density at radius 3 is 2.20 bits per heavy atom. The van der Waals surface area contributed by atoms with Crippen LogP contribution in [0.15, 0.2) is 36.5 Å². The average Bonchev–Trinajstić information content (AvgIpc) is 2.53. The van der Waals surface area contributed by atoms with Crippen molar-refractivity contribution >= 4 is 0 Å². The van der Waals surface area contributed by atoms with Gasteiger partial charge in [-0.05, 0) is 29.8 Å². The van der Waals surface area contributed by atoms with Gasteiger partial charge in [0.05, 0.1) is 27.4 Å². The smallest absolute Gasteiger partial charge is 0.142 e. The Bertz CT molecular complexity index is 565. The lowest BCUT2D eigenvalue weighted by atomic mass is 10.0. The lowest BCUT2D eigenvalue weighted by Gasteiger charge is -2.16. The molecule has 106 valence electrons. The first-order valence-corrected chi connectivity index (χ1v) is 6.17. The first kappa shape index (κ1) is 14.1. The van der Waals surface area contributed by atoms with Crippen molar-refractivity contribution in [3.8, 4) is 17.2 Å². The zero-order valence-electron chi connectivity index (χ0n) is 11.8. The van der Waals surface area contributed by atoms with Crippen molar-refractivity contribution in [2.24, 2.45) is 5.73 Å². The Kier molecular flexibility index (Phi) is 4.42. The Labute approximate surface area is 118 Å². The van der Waals surface area contributed by atoms with Gasteiger partial charge in [-0.2, -0.15) is 0 Å². The Morgan fingerprint density at radius 2 is 1.65 bits per heavy atom. The fourth-order valence-corrected chi connectivity index (χ4v) is 1.98. The summed E-state index contributed by atoms with van der Waals surface area (Å²) in [6, 6.07) is 8.74. The van der Waals surface area contributed by atoms with Gasteiger partial charge in [0.1, 0.15) is 22.9 Å². The summed E-state index contributed by atoms with van der Waals surface area (Å²) in [6.07, 6.45) is 1.69. The normalized spacial score (nSPS) is 11.8. The van der Waals surface area contributed by atoms with Gasteiger partial charge in [-0.15, -0.1) is 0 Å². The van der Waals surface area contributed by atoms with Crippen molar-refractivity contribution in [1.82, 2.24) is 4.98 Å². The summed E-state index contributed by atoms with van der Waals surface area (Å²) < 4.78 is 15.8. The van der Waals surface area contributed by atoms with Crippen LogP contribution in [0.2, 0.25) is 0 Å². The van der Waals surface area contributed by atoms with E-state index in [-0.39, 0.29) is 0 Å². The van der Waals surface area contributed by atoms with Crippen molar-refractivity contribution in [3.63, 3.8) is 0 Å². The first-order chi connectivity index (χ1) is 9.69. The maximum atomic E-state index is 6.29. The Morgan fingerprint density at radius 1 is 1.00 bits per heavy atom. The van der Waals surface area contributed by atoms with Gasteiger partial charge in [-0.1, -0.05) is 0 Å². The number of nitrogens with two attached hydrogens (primary N) is 1. The third-order valence-electron chi connectivity index (χ3n) is 3.05.